The SMILES string of the molecule is CN1C#CC(C=O)CC1. The maximum absolute atomic E-state index is 10.1. The van der Waals surface area contributed by atoms with Gasteiger partial charge in [-0.3, -0.25) is 0 Å². The number of hydrogen-bond donors (Lipinski definition) is 0. The Hall–Kier alpha value is -0.970. The first-order valence-electron chi connectivity index (χ1n) is 3.00. The number of nitrogens with zero attached hydrogens (tertiary/aromatic N) is 1. The third-order valence-electron chi connectivity index (χ3n) is 1.38. The number of rotatable bonds is 1. The molecule has 0 aromatic rings. The lowest BCUT2D eigenvalue weighted by molar-refractivity contribution is -0.109. The highest BCUT2D eigenvalue weighted by molar-refractivity contribution is 5.58. The predicted octanol–water partition coefficient (Wildman–Crippen LogP) is 0.0979. The van der Waals surface area contributed by atoms with Gasteiger partial charge in [-0.05, 0) is 6.42 Å². The van der Waals surface area contributed by atoms with Crippen molar-refractivity contribution in [3.63, 3.8) is 0 Å². The van der Waals surface area contributed by atoms with Crippen molar-refractivity contribution in [3.05, 3.63) is 0 Å². The van der Waals surface area contributed by atoms with Gasteiger partial charge >= 0.3 is 0 Å². The summed E-state index contributed by atoms with van der Waals surface area (Å²) in [5.41, 5.74) is 0. The van der Waals surface area contributed by atoms with E-state index < -0.39 is 0 Å². The molecule has 2 heteroatoms. The van der Waals surface area contributed by atoms with E-state index in [-0.39, 0.29) is 5.92 Å². The Kier molecular flexibility index (Phi) is 1.74. The van der Waals surface area contributed by atoms with Gasteiger partial charge in [0.2, 0.25) is 0 Å². The van der Waals surface area contributed by atoms with Crippen LogP contribution in [-0.2, 0) is 4.79 Å². The van der Waals surface area contributed by atoms with Gasteiger partial charge in [0, 0.05) is 19.6 Å². The topological polar surface area (TPSA) is 20.3 Å². The van der Waals surface area contributed by atoms with Gasteiger partial charge in [0.05, 0.1) is 5.92 Å². The van der Waals surface area contributed by atoms with Crippen molar-refractivity contribution in [1.82, 2.24) is 4.90 Å². The highest BCUT2D eigenvalue weighted by atomic mass is 16.1. The van der Waals surface area contributed by atoms with Crippen LogP contribution in [0.4, 0.5) is 0 Å². The summed E-state index contributed by atoms with van der Waals surface area (Å²) in [5.74, 6) is 2.81. The monoisotopic (exact) mass is 123 g/mol. The van der Waals surface area contributed by atoms with Crippen molar-refractivity contribution < 1.29 is 4.79 Å². The fourth-order valence-corrected chi connectivity index (χ4v) is 0.756. The molecule has 9 heavy (non-hydrogen) atoms. The summed E-state index contributed by atoms with van der Waals surface area (Å²) in [4.78, 5) is 12.0. The fourth-order valence-electron chi connectivity index (χ4n) is 0.756. The largest absolute Gasteiger partial charge is 0.336 e. The van der Waals surface area contributed by atoms with Gasteiger partial charge in [0.25, 0.3) is 0 Å². The third-order valence-corrected chi connectivity index (χ3v) is 1.38. The van der Waals surface area contributed by atoms with Crippen LogP contribution in [0.3, 0.4) is 0 Å². The van der Waals surface area contributed by atoms with E-state index in [9.17, 15) is 4.79 Å². The van der Waals surface area contributed by atoms with E-state index >= 15 is 0 Å². The molecule has 1 aliphatic rings. The summed E-state index contributed by atoms with van der Waals surface area (Å²) < 4.78 is 0. The molecule has 48 valence electrons. The van der Waals surface area contributed by atoms with Gasteiger partial charge in [0.1, 0.15) is 6.29 Å². The molecule has 1 rings (SSSR count). The van der Waals surface area contributed by atoms with Crippen molar-refractivity contribution in [1.29, 1.82) is 0 Å². The second-order valence-electron chi connectivity index (χ2n) is 2.21. The van der Waals surface area contributed by atoms with Crippen LogP contribution < -0.4 is 0 Å². The second kappa shape index (κ2) is 2.54. The van der Waals surface area contributed by atoms with Crippen LogP contribution in [0.1, 0.15) is 6.42 Å². The van der Waals surface area contributed by atoms with Crippen molar-refractivity contribution in [2.45, 2.75) is 6.42 Å². The summed E-state index contributed by atoms with van der Waals surface area (Å²) in [6.45, 7) is 0.913. The Morgan fingerprint density at radius 2 is 2.56 bits per heavy atom. The number of carbonyl (C=O) groups is 1. The standard InChI is InChI=1S/C7H9NO/c1-8-4-2-7(6-9)3-5-8/h6-7H,2,4H2,1H3. The van der Waals surface area contributed by atoms with Gasteiger partial charge < -0.3 is 9.69 Å². The lowest BCUT2D eigenvalue weighted by Gasteiger charge is -2.15. The lowest BCUT2D eigenvalue weighted by Crippen LogP contribution is -2.21. The minimum Gasteiger partial charge on any atom is -0.336 e. The van der Waals surface area contributed by atoms with E-state index in [2.05, 4.69) is 12.0 Å². The zero-order valence-electron chi connectivity index (χ0n) is 5.42. The molecular weight excluding hydrogens is 114 g/mol. The number of carbonyl (C=O) groups excluding carboxylic acids is 1. The van der Waals surface area contributed by atoms with E-state index in [1.54, 1.807) is 0 Å². The Morgan fingerprint density at radius 3 is 3.00 bits per heavy atom. The number of hydrogen-bond acceptors (Lipinski definition) is 2. The van der Waals surface area contributed by atoms with E-state index in [0.717, 1.165) is 19.3 Å². The summed E-state index contributed by atoms with van der Waals surface area (Å²) in [7, 11) is 1.92. The summed E-state index contributed by atoms with van der Waals surface area (Å²) in [6, 6.07) is 2.84. The zero-order chi connectivity index (χ0) is 6.69. The van der Waals surface area contributed by atoms with E-state index in [0.29, 0.717) is 0 Å². The third kappa shape index (κ3) is 1.46. The van der Waals surface area contributed by atoms with Gasteiger partial charge in [-0.2, -0.15) is 0 Å². The maximum atomic E-state index is 10.1. The van der Waals surface area contributed by atoms with E-state index in [1.807, 2.05) is 11.9 Å². The molecule has 0 aliphatic carbocycles. The zero-order valence-corrected chi connectivity index (χ0v) is 5.42. The van der Waals surface area contributed by atoms with Crippen molar-refractivity contribution in [3.8, 4) is 12.0 Å². The molecule has 0 aromatic heterocycles. The lowest BCUT2D eigenvalue weighted by atomic mass is 10.1. The first-order chi connectivity index (χ1) is 4.33. The minimum atomic E-state index is -0.0128. The predicted molar refractivity (Wildman–Crippen MR) is 34.6 cm³/mol. The molecule has 0 amide bonds. The molecule has 2 nitrogen and oxygen atoms in total. The van der Waals surface area contributed by atoms with Gasteiger partial charge in [-0.15, -0.1) is 0 Å². The fraction of sp³-hybridized carbons (Fsp3) is 0.571. The second-order valence-corrected chi connectivity index (χ2v) is 2.21. The summed E-state index contributed by atoms with van der Waals surface area (Å²) in [6.07, 6.45) is 1.80. The van der Waals surface area contributed by atoms with Crippen LogP contribution in [0.15, 0.2) is 0 Å². The number of aldehydes is 1. The average molecular weight is 123 g/mol. The molecule has 0 bridgehead atoms. The van der Waals surface area contributed by atoms with Gasteiger partial charge in [-0.25, -0.2) is 0 Å². The quantitative estimate of drug-likeness (QED) is 0.364. The molecule has 0 spiro atoms. The van der Waals surface area contributed by atoms with Gasteiger partial charge in [0.15, 0.2) is 0 Å². The molecule has 0 saturated carbocycles. The Labute approximate surface area is 54.8 Å². The Morgan fingerprint density at radius 1 is 1.78 bits per heavy atom. The highest BCUT2D eigenvalue weighted by Crippen LogP contribution is 2.02. The average Bonchev–Trinajstić information content (AvgIpc) is 1.90. The molecule has 1 aliphatic heterocycles. The first kappa shape index (κ1) is 6.15. The van der Waals surface area contributed by atoms with Crippen LogP contribution in [0, 0.1) is 17.9 Å². The Balaban J connectivity index is 2.55. The van der Waals surface area contributed by atoms with Crippen molar-refractivity contribution in [2.75, 3.05) is 13.6 Å². The van der Waals surface area contributed by atoms with Crippen LogP contribution in [0.25, 0.3) is 0 Å². The molecule has 0 N–H and O–H groups in total. The molecule has 0 fully saturated rings. The van der Waals surface area contributed by atoms with E-state index in [1.165, 1.54) is 0 Å². The molecule has 0 radical (unpaired) electrons. The van der Waals surface area contributed by atoms with Crippen molar-refractivity contribution >= 4 is 6.29 Å². The van der Waals surface area contributed by atoms with E-state index in [4.69, 9.17) is 0 Å². The van der Waals surface area contributed by atoms with Crippen molar-refractivity contribution in [2.24, 2.45) is 5.92 Å². The molecule has 1 heterocycles. The van der Waals surface area contributed by atoms with Crippen LogP contribution in [0.2, 0.25) is 0 Å². The van der Waals surface area contributed by atoms with Crippen LogP contribution in [0.5, 0.6) is 0 Å². The molecule has 1 unspecified atom stereocenters. The first-order valence-corrected chi connectivity index (χ1v) is 3.00. The highest BCUT2D eigenvalue weighted by Gasteiger charge is 2.07. The summed E-state index contributed by atoms with van der Waals surface area (Å²) >= 11 is 0. The minimum absolute atomic E-state index is 0.0128. The van der Waals surface area contributed by atoms with Crippen LogP contribution >= 0.6 is 0 Å². The molecular formula is C7H9NO. The smallest absolute Gasteiger partial charge is 0.135 e. The maximum Gasteiger partial charge on any atom is 0.135 e. The van der Waals surface area contributed by atoms with Crippen LogP contribution in [-0.4, -0.2) is 24.8 Å². The molecule has 0 saturated heterocycles. The Bertz CT molecular complexity index is 165. The molecule has 0 aromatic carbocycles. The van der Waals surface area contributed by atoms with Gasteiger partial charge in [-0.1, -0.05) is 5.92 Å². The normalized spacial score (nSPS) is 24.6. The molecule has 1 atom stereocenters. The summed E-state index contributed by atoms with van der Waals surface area (Å²) in [5, 5.41) is 0.